The van der Waals surface area contributed by atoms with E-state index in [-0.39, 0.29) is 18.0 Å². The van der Waals surface area contributed by atoms with Gasteiger partial charge in [0.2, 0.25) is 0 Å². The van der Waals surface area contributed by atoms with Crippen LogP contribution in [0.4, 0.5) is 0 Å². The van der Waals surface area contributed by atoms with Crippen LogP contribution in [0.1, 0.15) is 70.6 Å². The molecule has 0 radical (unpaired) electrons. The van der Waals surface area contributed by atoms with E-state index < -0.39 is 0 Å². The van der Waals surface area contributed by atoms with Crippen molar-refractivity contribution >= 4 is 5.97 Å². The van der Waals surface area contributed by atoms with Gasteiger partial charge in [0.05, 0.1) is 0 Å². The molecule has 1 aliphatic carbocycles. The van der Waals surface area contributed by atoms with Crippen LogP contribution in [0.3, 0.4) is 0 Å². The highest BCUT2D eigenvalue weighted by molar-refractivity contribution is 5.90. The Hall–Kier alpha value is -1.05. The van der Waals surface area contributed by atoms with Crippen molar-refractivity contribution in [2.24, 2.45) is 5.92 Å². The zero-order valence-corrected chi connectivity index (χ0v) is 12.6. The average molecular weight is 276 g/mol. The fourth-order valence-electron chi connectivity index (χ4n) is 3.29. The first-order valence-corrected chi connectivity index (χ1v) is 8.34. The fraction of sp³-hybridized carbons (Fsp3) is 0.722. The number of hydrogen-bond acceptors (Lipinski definition) is 2. The Balaban J connectivity index is 1.88. The molecule has 0 N–H and O–H groups in total. The van der Waals surface area contributed by atoms with Crippen LogP contribution in [0, 0.1) is 5.92 Å². The first-order chi connectivity index (χ1) is 9.79. The van der Waals surface area contributed by atoms with E-state index in [1.54, 1.807) is 0 Å². The number of carbonyl (C=O) groups is 1. The maximum Gasteiger partial charge on any atom is 0.334 e. The summed E-state index contributed by atoms with van der Waals surface area (Å²) >= 11 is 0. The first-order valence-electron chi connectivity index (χ1n) is 8.34. The lowest BCUT2D eigenvalue weighted by atomic mass is 9.88. The van der Waals surface area contributed by atoms with Gasteiger partial charge in [0.25, 0.3) is 0 Å². The van der Waals surface area contributed by atoms with E-state index in [0.717, 1.165) is 31.3 Å². The summed E-state index contributed by atoms with van der Waals surface area (Å²) in [6.45, 7) is 3.95. The fourth-order valence-corrected chi connectivity index (χ4v) is 3.29. The van der Waals surface area contributed by atoms with E-state index in [9.17, 15) is 4.79 Å². The minimum atomic E-state index is -0.152. The van der Waals surface area contributed by atoms with Gasteiger partial charge in [0.15, 0.2) is 0 Å². The Morgan fingerprint density at radius 3 is 2.30 bits per heavy atom. The van der Waals surface area contributed by atoms with Gasteiger partial charge in [-0.1, -0.05) is 44.4 Å². The molecule has 0 aromatic rings. The number of allylic oxidation sites excluding steroid dienone is 2. The molecule has 0 spiro atoms. The molecule has 0 amide bonds. The van der Waals surface area contributed by atoms with Gasteiger partial charge in [0.1, 0.15) is 6.10 Å². The van der Waals surface area contributed by atoms with E-state index in [2.05, 4.69) is 18.7 Å². The quantitative estimate of drug-likeness (QED) is 0.355. The van der Waals surface area contributed by atoms with Gasteiger partial charge in [-0.05, 0) is 44.9 Å². The molecule has 1 fully saturated rings. The number of rotatable bonds is 0. The van der Waals surface area contributed by atoms with Gasteiger partial charge in [-0.15, -0.1) is 0 Å². The third kappa shape index (κ3) is 4.50. The number of esters is 1. The van der Waals surface area contributed by atoms with E-state index in [0.29, 0.717) is 0 Å². The topological polar surface area (TPSA) is 26.3 Å². The minimum absolute atomic E-state index is 0.101. The molecule has 0 aromatic carbocycles. The van der Waals surface area contributed by atoms with E-state index in [1.807, 2.05) is 0 Å². The molecule has 0 saturated carbocycles. The number of hydrogen-bond donors (Lipinski definition) is 0. The average Bonchev–Trinajstić information content (AvgIpc) is 2.70. The van der Waals surface area contributed by atoms with Crippen LogP contribution >= 0.6 is 0 Å². The summed E-state index contributed by atoms with van der Waals surface area (Å²) in [5, 5.41) is 0. The smallest absolute Gasteiger partial charge is 0.334 e. The summed E-state index contributed by atoms with van der Waals surface area (Å²) in [5.74, 6) is 0.129. The van der Waals surface area contributed by atoms with Crippen molar-refractivity contribution in [1.82, 2.24) is 0 Å². The summed E-state index contributed by atoms with van der Waals surface area (Å²) in [5.41, 5.74) is 0.721. The lowest BCUT2D eigenvalue weighted by molar-refractivity contribution is -0.139. The molecule has 0 aromatic heterocycles. The van der Waals surface area contributed by atoms with Crippen LogP contribution in [0.5, 0.6) is 0 Å². The molecule has 2 aliphatic rings. The number of ether oxygens (including phenoxy) is 1. The van der Waals surface area contributed by atoms with Gasteiger partial charge in [-0.2, -0.15) is 0 Å². The highest BCUT2D eigenvalue weighted by Gasteiger charge is 2.37. The largest absolute Gasteiger partial charge is 0.458 e. The lowest BCUT2D eigenvalue weighted by Gasteiger charge is -2.17. The molecule has 0 bridgehead atoms. The lowest BCUT2D eigenvalue weighted by Crippen LogP contribution is -2.16. The first kappa shape index (κ1) is 15.3. The van der Waals surface area contributed by atoms with Crippen molar-refractivity contribution < 1.29 is 9.53 Å². The van der Waals surface area contributed by atoms with E-state index in [4.69, 9.17) is 4.74 Å². The number of fused-ring (bicyclic) bond motifs is 1. The van der Waals surface area contributed by atoms with Crippen molar-refractivity contribution in [2.75, 3.05) is 0 Å². The maximum atomic E-state index is 11.7. The molecule has 2 rings (SSSR count). The summed E-state index contributed by atoms with van der Waals surface area (Å²) in [7, 11) is 0. The van der Waals surface area contributed by atoms with Crippen LogP contribution in [0.25, 0.3) is 0 Å². The van der Waals surface area contributed by atoms with Crippen LogP contribution in [-0.2, 0) is 9.53 Å². The Bertz CT molecular complexity index is 356. The molecule has 20 heavy (non-hydrogen) atoms. The summed E-state index contributed by atoms with van der Waals surface area (Å²) in [6, 6.07) is 0. The molecule has 112 valence electrons. The highest BCUT2D eigenvalue weighted by atomic mass is 16.6. The zero-order valence-electron chi connectivity index (χ0n) is 12.6. The van der Waals surface area contributed by atoms with Crippen molar-refractivity contribution in [3.05, 3.63) is 24.3 Å². The van der Waals surface area contributed by atoms with Gasteiger partial charge in [-0.25, -0.2) is 4.79 Å². The molecule has 1 heterocycles. The summed E-state index contributed by atoms with van der Waals surface area (Å²) in [4.78, 5) is 11.7. The van der Waals surface area contributed by atoms with Gasteiger partial charge >= 0.3 is 5.97 Å². The molecule has 2 nitrogen and oxygen atoms in total. The maximum absolute atomic E-state index is 11.7. The SMILES string of the molecule is C=C1C(=O)O[C@H]2CCCC/C=C/CCCCCCC[C@H]12. The van der Waals surface area contributed by atoms with Crippen LogP contribution in [0.2, 0.25) is 0 Å². The summed E-state index contributed by atoms with van der Waals surface area (Å²) < 4.78 is 5.51. The van der Waals surface area contributed by atoms with E-state index >= 15 is 0 Å². The van der Waals surface area contributed by atoms with Crippen molar-refractivity contribution in [1.29, 1.82) is 0 Å². The monoisotopic (exact) mass is 276 g/mol. The molecule has 0 unspecified atom stereocenters. The Labute approximate surface area is 123 Å². The van der Waals surface area contributed by atoms with Crippen LogP contribution in [-0.4, -0.2) is 12.1 Å². The predicted molar refractivity (Wildman–Crippen MR) is 82.4 cm³/mol. The summed E-state index contributed by atoms with van der Waals surface area (Å²) in [6.07, 6.45) is 18.0. The molecule has 1 aliphatic heterocycles. The van der Waals surface area contributed by atoms with Gasteiger partial charge in [-0.3, -0.25) is 0 Å². The number of carbonyl (C=O) groups excluding carboxylic acids is 1. The molecule has 2 heteroatoms. The molecule has 2 atom stereocenters. The van der Waals surface area contributed by atoms with Crippen molar-refractivity contribution in [3.8, 4) is 0 Å². The molecular weight excluding hydrogens is 248 g/mol. The standard InChI is InChI=1S/C18H28O2/c1-15-16-13-11-9-7-5-3-2-4-6-8-10-12-14-17(16)20-18(15)19/h4,6,16-17H,1-3,5,7-14H2/b6-4+/t16-,17+/m1/s1. The Morgan fingerprint density at radius 2 is 1.50 bits per heavy atom. The third-order valence-electron chi connectivity index (χ3n) is 4.58. The molecule has 1 saturated heterocycles. The predicted octanol–water partition coefficient (Wildman–Crippen LogP) is 4.95. The second kappa shape index (κ2) is 8.28. The third-order valence-corrected chi connectivity index (χ3v) is 4.58. The van der Waals surface area contributed by atoms with Crippen molar-refractivity contribution in [3.63, 3.8) is 0 Å². The second-order valence-electron chi connectivity index (χ2n) is 6.18. The second-order valence-corrected chi connectivity index (χ2v) is 6.18. The van der Waals surface area contributed by atoms with Gasteiger partial charge in [0, 0.05) is 11.5 Å². The molecular formula is C18H28O2. The van der Waals surface area contributed by atoms with Crippen LogP contribution < -0.4 is 0 Å². The van der Waals surface area contributed by atoms with Gasteiger partial charge < -0.3 is 4.74 Å². The zero-order chi connectivity index (χ0) is 14.2. The Morgan fingerprint density at radius 1 is 0.900 bits per heavy atom. The van der Waals surface area contributed by atoms with Crippen molar-refractivity contribution in [2.45, 2.75) is 76.7 Å². The highest BCUT2D eigenvalue weighted by Crippen LogP contribution is 2.34. The normalized spacial score (nSPS) is 31.8. The Kier molecular flexibility index (Phi) is 6.35. The minimum Gasteiger partial charge on any atom is -0.458 e. The van der Waals surface area contributed by atoms with Crippen LogP contribution in [0.15, 0.2) is 24.3 Å². The van der Waals surface area contributed by atoms with E-state index in [1.165, 1.54) is 44.9 Å².